The maximum absolute atomic E-state index is 12.6. The van der Waals surface area contributed by atoms with Crippen LogP contribution in [0, 0.1) is 0 Å². The van der Waals surface area contributed by atoms with Crippen molar-refractivity contribution in [1.82, 2.24) is 19.7 Å². The minimum Gasteiger partial charge on any atom is -0.378 e. The van der Waals surface area contributed by atoms with Crippen molar-refractivity contribution in [2.45, 2.75) is 31.3 Å². The van der Waals surface area contributed by atoms with Gasteiger partial charge >= 0.3 is 0 Å². The van der Waals surface area contributed by atoms with Crippen LogP contribution in [0.25, 0.3) is 17.1 Å². The van der Waals surface area contributed by atoms with E-state index in [1.165, 1.54) is 17.3 Å². The zero-order valence-corrected chi connectivity index (χ0v) is 19.1. The Morgan fingerprint density at radius 2 is 1.68 bits per heavy atom. The summed E-state index contributed by atoms with van der Waals surface area (Å²) in [5.41, 5.74) is 3.33. The van der Waals surface area contributed by atoms with Gasteiger partial charge in [-0.2, -0.15) is 0 Å². The van der Waals surface area contributed by atoms with E-state index in [2.05, 4.69) is 55.2 Å². The third kappa shape index (κ3) is 4.99. The second-order valence-corrected chi connectivity index (χ2v) is 9.53. The highest BCUT2D eigenvalue weighted by molar-refractivity contribution is 7.99. The topological polar surface area (TPSA) is 60.3 Å². The number of morpholine rings is 1. The quantitative estimate of drug-likeness (QED) is 0.562. The second-order valence-electron chi connectivity index (χ2n) is 8.59. The first-order valence-corrected chi connectivity index (χ1v) is 11.5. The molecule has 7 heteroatoms. The average molecular weight is 437 g/mol. The van der Waals surface area contributed by atoms with E-state index in [1.807, 2.05) is 39.8 Å². The van der Waals surface area contributed by atoms with Gasteiger partial charge in [0, 0.05) is 24.3 Å². The monoisotopic (exact) mass is 436 g/mol. The highest BCUT2D eigenvalue weighted by atomic mass is 32.2. The van der Waals surface area contributed by atoms with Crippen molar-refractivity contribution < 1.29 is 9.53 Å². The first kappa shape index (κ1) is 21.6. The summed E-state index contributed by atoms with van der Waals surface area (Å²) in [6.45, 7) is 9.11. The van der Waals surface area contributed by atoms with Gasteiger partial charge in [-0.3, -0.25) is 9.36 Å². The van der Waals surface area contributed by atoms with Crippen molar-refractivity contribution >= 4 is 17.7 Å². The zero-order chi connectivity index (χ0) is 21.8. The molecular formula is C24H28N4O2S. The van der Waals surface area contributed by atoms with Gasteiger partial charge in [-0.25, -0.2) is 0 Å². The van der Waals surface area contributed by atoms with E-state index >= 15 is 0 Å². The smallest absolute Gasteiger partial charge is 0.233 e. The van der Waals surface area contributed by atoms with E-state index in [-0.39, 0.29) is 11.3 Å². The third-order valence-electron chi connectivity index (χ3n) is 5.35. The van der Waals surface area contributed by atoms with Crippen molar-refractivity contribution in [2.75, 3.05) is 32.1 Å². The minimum atomic E-state index is 0.0898. The van der Waals surface area contributed by atoms with Crippen molar-refractivity contribution in [2.24, 2.45) is 0 Å². The molecule has 2 heterocycles. The lowest BCUT2D eigenvalue weighted by Crippen LogP contribution is -2.41. The molecule has 0 aliphatic carbocycles. The molecule has 0 saturated carbocycles. The molecule has 31 heavy (non-hydrogen) atoms. The lowest BCUT2D eigenvalue weighted by Gasteiger charge is -2.26. The van der Waals surface area contributed by atoms with Crippen molar-refractivity contribution in [3.05, 3.63) is 60.2 Å². The lowest BCUT2D eigenvalue weighted by molar-refractivity contribution is -0.132. The fraction of sp³-hybridized carbons (Fsp3) is 0.375. The Bertz CT molecular complexity index is 1020. The van der Waals surface area contributed by atoms with Crippen molar-refractivity contribution in [3.8, 4) is 17.1 Å². The Balaban J connectivity index is 1.62. The molecule has 6 nitrogen and oxygen atoms in total. The summed E-state index contributed by atoms with van der Waals surface area (Å²) < 4.78 is 7.38. The molecule has 0 bridgehead atoms. The van der Waals surface area contributed by atoms with E-state index in [4.69, 9.17) is 4.74 Å². The molecule has 1 amide bonds. The van der Waals surface area contributed by atoms with Gasteiger partial charge in [0.2, 0.25) is 5.91 Å². The summed E-state index contributed by atoms with van der Waals surface area (Å²) in [5.74, 6) is 1.20. The average Bonchev–Trinajstić information content (AvgIpc) is 3.22. The predicted octanol–water partition coefficient (Wildman–Crippen LogP) is 4.18. The maximum atomic E-state index is 12.6. The largest absolute Gasteiger partial charge is 0.378 e. The molecule has 2 aromatic carbocycles. The van der Waals surface area contributed by atoms with E-state index in [0.717, 1.165) is 17.1 Å². The fourth-order valence-corrected chi connectivity index (χ4v) is 4.36. The summed E-state index contributed by atoms with van der Waals surface area (Å²) in [6, 6.07) is 18.5. The number of hydrogen-bond donors (Lipinski definition) is 0. The number of ether oxygens (including phenoxy) is 1. The highest BCUT2D eigenvalue weighted by Crippen LogP contribution is 2.30. The molecule has 0 atom stereocenters. The van der Waals surface area contributed by atoms with E-state index in [1.54, 1.807) is 0 Å². The number of aromatic nitrogens is 3. The number of amides is 1. The van der Waals surface area contributed by atoms with Crippen LogP contribution in [0.3, 0.4) is 0 Å². The van der Waals surface area contributed by atoms with Crippen LogP contribution < -0.4 is 0 Å². The number of nitrogens with zero attached hydrogens (tertiary/aromatic N) is 4. The fourth-order valence-electron chi connectivity index (χ4n) is 3.51. The molecule has 162 valence electrons. The Kier molecular flexibility index (Phi) is 6.43. The number of hydrogen-bond acceptors (Lipinski definition) is 5. The summed E-state index contributed by atoms with van der Waals surface area (Å²) >= 11 is 1.42. The van der Waals surface area contributed by atoms with Gasteiger partial charge in [0.15, 0.2) is 11.0 Å². The second kappa shape index (κ2) is 9.24. The van der Waals surface area contributed by atoms with Gasteiger partial charge < -0.3 is 9.64 Å². The van der Waals surface area contributed by atoms with Gasteiger partial charge in [-0.15, -0.1) is 10.2 Å². The van der Waals surface area contributed by atoms with Crippen LogP contribution in [0.2, 0.25) is 0 Å². The Hall–Kier alpha value is -2.64. The maximum Gasteiger partial charge on any atom is 0.233 e. The van der Waals surface area contributed by atoms with Crippen LogP contribution in [0.4, 0.5) is 0 Å². The minimum absolute atomic E-state index is 0.0898. The number of para-hydroxylation sites is 1. The van der Waals surface area contributed by atoms with Crippen molar-refractivity contribution in [3.63, 3.8) is 0 Å². The van der Waals surface area contributed by atoms with Crippen LogP contribution in [0.5, 0.6) is 0 Å². The third-order valence-corrected chi connectivity index (χ3v) is 6.26. The number of carbonyl (C=O) groups is 1. The summed E-state index contributed by atoms with van der Waals surface area (Å²) in [4.78, 5) is 14.5. The van der Waals surface area contributed by atoms with Crippen LogP contribution in [0.1, 0.15) is 26.3 Å². The number of thioether (sulfide) groups is 1. The van der Waals surface area contributed by atoms with Crippen LogP contribution in [-0.2, 0) is 14.9 Å². The standard InChI is InChI=1S/C24H28N4O2S/c1-24(2,3)19-11-9-18(10-12-19)22-25-26-23(28(22)20-7-5-4-6-8-20)31-17-21(29)27-13-15-30-16-14-27/h4-12H,13-17H2,1-3H3. The normalized spacial score (nSPS) is 14.6. The Morgan fingerprint density at radius 3 is 2.32 bits per heavy atom. The first-order chi connectivity index (χ1) is 14.9. The molecule has 1 fully saturated rings. The number of carbonyl (C=O) groups excluding carboxylic acids is 1. The molecule has 0 N–H and O–H groups in total. The van der Waals surface area contributed by atoms with E-state index in [9.17, 15) is 4.79 Å². The molecule has 3 aromatic rings. The molecule has 1 aliphatic heterocycles. The molecule has 0 spiro atoms. The summed E-state index contributed by atoms with van der Waals surface area (Å²) in [5, 5.41) is 9.64. The number of rotatable bonds is 5. The molecule has 0 unspecified atom stereocenters. The van der Waals surface area contributed by atoms with Crippen LogP contribution >= 0.6 is 11.8 Å². The van der Waals surface area contributed by atoms with E-state index in [0.29, 0.717) is 37.2 Å². The molecule has 4 rings (SSSR count). The zero-order valence-electron chi connectivity index (χ0n) is 18.2. The van der Waals surface area contributed by atoms with Gasteiger partial charge in [0.25, 0.3) is 0 Å². The van der Waals surface area contributed by atoms with Gasteiger partial charge in [-0.05, 0) is 23.1 Å². The van der Waals surface area contributed by atoms with Crippen LogP contribution in [-0.4, -0.2) is 57.6 Å². The van der Waals surface area contributed by atoms with Gasteiger partial charge in [-0.1, -0.05) is 75.0 Å². The first-order valence-electron chi connectivity index (χ1n) is 10.5. The lowest BCUT2D eigenvalue weighted by atomic mass is 9.87. The van der Waals surface area contributed by atoms with Crippen LogP contribution in [0.15, 0.2) is 59.8 Å². The van der Waals surface area contributed by atoms with Gasteiger partial charge in [0.1, 0.15) is 0 Å². The highest BCUT2D eigenvalue weighted by Gasteiger charge is 2.21. The molecule has 0 radical (unpaired) electrons. The molecule has 1 aromatic heterocycles. The molecule has 1 aliphatic rings. The molecular weight excluding hydrogens is 408 g/mol. The predicted molar refractivity (Wildman–Crippen MR) is 124 cm³/mol. The van der Waals surface area contributed by atoms with Crippen molar-refractivity contribution in [1.29, 1.82) is 0 Å². The number of benzene rings is 2. The summed E-state index contributed by atoms with van der Waals surface area (Å²) in [6.07, 6.45) is 0. The SMILES string of the molecule is CC(C)(C)c1ccc(-c2nnc(SCC(=O)N3CCOCC3)n2-c2ccccc2)cc1. The Labute approximate surface area is 187 Å². The Morgan fingerprint density at radius 1 is 1.00 bits per heavy atom. The summed E-state index contributed by atoms with van der Waals surface area (Å²) in [7, 11) is 0. The van der Waals surface area contributed by atoms with Gasteiger partial charge in [0.05, 0.1) is 19.0 Å². The van der Waals surface area contributed by atoms with E-state index < -0.39 is 0 Å². The molecule has 1 saturated heterocycles.